The lowest BCUT2D eigenvalue weighted by atomic mass is 10.1. The Kier molecular flexibility index (Phi) is 7.33. The van der Waals surface area contributed by atoms with Gasteiger partial charge >= 0.3 is 5.97 Å². The van der Waals surface area contributed by atoms with Crippen LogP contribution < -0.4 is 10.9 Å². The molecule has 1 unspecified atom stereocenters. The van der Waals surface area contributed by atoms with Crippen LogP contribution in [0.3, 0.4) is 0 Å². The molecule has 4 rings (SSSR count). The molecule has 0 spiro atoms. The number of nitrogens with zero attached hydrogens (tertiary/aromatic N) is 2. The second-order valence-corrected chi connectivity index (χ2v) is 9.55. The number of aryl methyl sites for hydroxylation is 1. The third-order valence-corrected chi connectivity index (χ3v) is 7.44. The fourth-order valence-electron chi connectivity index (χ4n) is 3.69. The monoisotopic (exact) mass is 509 g/mol. The minimum absolute atomic E-state index is 0.230. The Balaban J connectivity index is 1.54. The molecule has 0 aliphatic carbocycles. The number of amides is 1. The van der Waals surface area contributed by atoms with Gasteiger partial charge in [0.1, 0.15) is 15.7 Å². The van der Waals surface area contributed by atoms with Crippen molar-refractivity contribution in [2.75, 3.05) is 11.9 Å². The summed E-state index contributed by atoms with van der Waals surface area (Å²) in [6, 6.07) is 14.1. The van der Waals surface area contributed by atoms with E-state index in [0.29, 0.717) is 37.8 Å². The molecule has 0 radical (unpaired) electrons. The van der Waals surface area contributed by atoms with Crippen LogP contribution in [0.4, 0.5) is 5.69 Å². The standard InChI is InChI=1S/C26H24ClN3O4S/c1-15-19(27)10-7-11-20(15)29-23(31)17(3)30-14-28-24-21(25(30)32)16(2)22(35-24)26(33)34-13-12-18-8-5-4-6-9-18/h4-11,14,17H,12-13H2,1-3H3,(H,29,31). The number of esters is 1. The van der Waals surface area contributed by atoms with Crippen LogP contribution in [-0.4, -0.2) is 28.0 Å². The number of ether oxygens (including phenoxy) is 1. The first kappa shape index (κ1) is 24.6. The van der Waals surface area contributed by atoms with Gasteiger partial charge < -0.3 is 10.1 Å². The SMILES string of the molecule is Cc1c(Cl)cccc1NC(=O)C(C)n1cnc2sc(C(=O)OCCc3ccccc3)c(C)c2c1=O. The van der Waals surface area contributed by atoms with E-state index in [1.54, 1.807) is 39.0 Å². The molecule has 7 nitrogen and oxygen atoms in total. The van der Waals surface area contributed by atoms with Gasteiger partial charge in [0.05, 0.1) is 18.3 Å². The van der Waals surface area contributed by atoms with Crippen LogP contribution in [0.15, 0.2) is 59.7 Å². The Bertz CT molecular complexity index is 1460. The predicted octanol–water partition coefficient (Wildman–Crippen LogP) is 5.33. The van der Waals surface area contributed by atoms with Crippen molar-refractivity contribution in [3.63, 3.8) is 0 Å². The number of nitrogens with one attached hydrogen (secondary N) is 1. The molecule has 2 heterocycles. The summed E-state index contributed by atoms with van der Waals surface area (Å²) in [5.41, 5.74) is 2.49. The lowest BCUT2D eigenvalue weighted by Gasteiger charge is -2.16. The van der Waals surface area contributed by atoms with Crippen molar-refractivity contribution in [3.05, 3.63) is 91.8 Å². The minimum atomic E-state index is -0.835. The number of benzene rings is 2. The Morgan fingerprint density at radius 2 is 1.86 bits per heavy atom. The maximum absolute atomic E-state index is 13.3. The second-order valence-electron chi connectivity index (χ2n) is 8.14. The molecule has 1 N–H and O–H groups in total. The maximum Gasteiger partial charge on any atom is 0.348 e. The Morgan fingerprint density at radius 1 is 1.11 bits per heavy atom. The quantitative estimate of drug-likeness (QED) is 0.340. The fraction of sp³-hybridized carbons (Fsp3) is 0.231. The first-order valence-electron chi connectivity index (χ1n) is 11.0. The van der Waals surface area contributed by atoms with Gasteiger partial charge in [0.2, 0.25) is 5.91 Å². The average Bonchev–Trinajstić information content (AvgIpc) is 3.19. The number of hydrogen-bond acceptors (Lipinski definition) is 6. The minimum Gasteiger partial charge on any atom is -0.461 e. The van der Waals surface area contributed by atoms with Crippen LogP contribution in [0.1, 0.15) is 39.3 Å². The molecule has 35 heavy (non-hydrogen) atoms. The first-order chi connectivity index (χ1) is 16.8. The van der Waals surface area contributed by atoms with E-state index < -0.39 is 17.6 Å². The zero-order valence-corrected chi connectivity index (χ0v) is 21.1. The Hall–Kier alpha value is -3.49. The van der Waals surface area contributed by atoms with Crippen molar-refractivity contribution in [2.45, 2.75) is 33.2 Å². The van der Waals surface area contributed by atoms with Crippen molar-refractivity contribution in [3.8, 4) is 0 Å². The molecule has 0 saturated carbocycles. The van der Waals surface area contributed by atoms with Crippen LogP contribution >= 0.6 is 22.9 Å². The third kappa shape index (κ3) is 5.13. The summed E-state index contributed by atoms with van der Waals surface area (Å²) in [5, 5.41) is 3.66. The topological polar surface area (TPSA) is 90.3 Å². The largest absolute Gasteiger partial charge is 0.461 e. The zero-order chi connectivity index (χ0) is 25.1. The molecule has 0 bridgehead atoms. The van der Waals surface area contributed by atoms with Gasteiger partial charge in [-0.2, -0.15) is 0 Å². The van der Waals surface area contributed by atoms with Crippen LogP contribution in [0, 0.1) is 13.8 Å². The summed E-state index contributed by atoms with van der Waals surface area (Å²) in [6.45, 7) is 5.34. The van der Waals surface area contributed by atoms with Crippen molar-refractivity contribution in [2.24, 2.45) is 0 Å². The zero-order valence-electron chi connectivity index (χ0n) is 19.5. The van der Waals surface area contributed by atoms with Crippen LogP contribution in [0.2, 0.25) is 5.02 Å². The number of hydrogen-bond donors (Lipinski definition) is 1. The number of carbonyl (C=O) groups excluding carboxylic acids is 2. The summed E-state index contributed by atoms with van der Waals surface area (Å²) in [6.07, 6.45) is 1.93. The summed E-state index contributed by atoms with van der Waals surface area (Å²) >= 11 is 7.25. The maximum atomic E-state index is 13.3. The second kappa shape index (κ2) is 10.4. The van der Waals surface area contributed by atoms with Gasteiger partial charge in [0.25, 0.3) is 5.56 Å². The highest BCUT2D eigenvalue weighted by Gasteiger charge is 2.24. The number of halogens is 1. The predicted molar refractivity (Wildman–Crippen MR) is 139 cm³/mol. The highest BCUT2D eigenvalue weighted by Crippen LogP contribution is 2.28. The van der Waals surface area contributed by atoms with E-state index in [9.17, 15) is 14.4 Å². The van der Waals surface area contributed by atoms with E-state index in [4.69, 9.17) is 16.3 Å². The molecule has 2 aromatic carbocycles. The number of carbonyl (C=O) groups is 2. The smallest absolute Gasteiger partial charge is 0.348 e. The van der Waals surface area contributed by atoms with Crippen LogP contribution in [0.25, 0.3) is 10.2 Å². The Morgan fingerprint density at radius 3 is 2.60 bits per heavy atom. The highest BCUT2D eigenvalue weighted by molar-refractivity contribution is 7.20. The van der Waals surface area contributed by atoms with Crippen LogP contribution in [-0.2, 0) is 16.0 Å². The lowest BCUT2D eigenvalue weighted by molar-refractivity contribution is -0.118. The van der Waals surface area contributed by atoms with Gasteiger partial charge in [-0.05, 0) is 49.6 Å². The highest BCUT2D eigenvalue weighted by atomic mass is 35.5. The molecule has 0 aliphatic heterocycles. The van der Waals surface area contributed by atoms with Gasteiger partial charge in [0, 0.05) is 17.1 Å². The Labute approximate surface area is 211 Å². The van der Waals surface area contributed by atoms with Crippen molar-refractivity contribution in [1.29, 1.82) is 0 Å². The van der Waals surface area contributed by atoms with E-state index in [-0.39, 0.29) is 12.5 Å². The summed E-state index contributed by atoms with van der Waals surface area (Å²) in [7, 11) is 0. The number of aromatic nitrogens is 2. The van der Waals surface area contributed by atoms with Gasteiger partial charge in [0.15, 0.2) is 0 Å². The third-order valence-electron chi connectivity index (χ3n) is 5.85. The molecule has 1 atom stereocenters. The fourth-order valence-corrected chi connectivity index (χ4v) is 4.89. The molecule has 0 fully saturated rings. The number of fused-ring (bicyclic) bond motifs is 1. The first-order valence-corrected chi connectivity index (χ1v) is 12.2. The summed E-state index contributed by atoms with van der Waals surface area (Å²) in [4.78, 5) is 44.0. The number of thiophene rings is 1. The van der Waals surface area contributed by atoms with Crippen molar-refractivity contribution in [1.82, 2.24) is 9.55 Å². The molecule has 180 valence electrons. The van der Waals surface area contributed by atoms with E-state index >= 15 is 0 Å². The molecule has 9 heteroatoms. The number of anilines is 1. The molecule has 0 aliphatic rings. The molecule has 2 aromatic heterocycles. The van der Waals surface area contributed by atoms with Gasteiger partial charge in [-0.15, -0.1) is 11.3 Å². The van der Waals surface area contributed by atoms with E-state index in [0.717, 1.165) is 22.5 Å². The van der Waals surface area contributed by atoms with Crippen molar-refractivity contribution < 1.29 is 14.3 Å². The van der Waals surface area contributed by atoms with E-state index in [2.05, 4.69) is 10.3 Å². The molecule has 0 saturated heterocycles. The molecular formula is C26H24ClN3O4S. The van der Waals surface area contributed by atoms with Gasteiger partial charge in [-0.25, -0.2) is 9.78 Å². The lowest BCUT2D eigenvalue weighted by Crippen LogP contribution is -2.32. The summed E-state index contributed by atoms with van der Waals surface area (Å²) in [5.74, 6) is -0.873. The molecule has 4 aromatic rings. The van der Waals surface area contributed by atoms with Crippen molar-refractivity contribution >= 4 is 50.7 Å². The molecular weight excluding hydrogens is 486 g/mol. The van der Waals surface area contributed by atoms with E-state index in [1.807, 2.05) is 30.3 Å². The number of rotatable bonds is 7. The van der Waals surface area contributed by atoms with Crippen LogP contribution in [0.5, 0.6) is 0 Å². The molecule has 1 amide bonds. The van der Waals surface area contributed by atoms with E-state index in [1.165, 1.54) is 10.9 Å². The van der Waals surface area contributed by atoms with Gasteiger partial charge in [-0.3, -0.25) is 14.2 Å². The normalized spacial score (nSPS) is 11.9. The summed E-state index contributed by atoms with van der Waals surface area (Å²) < 4.78 is 6.71. The van der Waals surface area contributed by atoms with Gasteiger partial charge in [-0.1, -0.05) is 48.0 Å². The average molecular weight is 510 g/mol.